The van der Waals surface area contributed by atoms with Crippen molar-refractivity contribution in [3.05, 3.63) is 24.3 Å². The molecule has 0 aliphatic carbocycles. The zero-order chi connectivity index (χ0) is 21.3. The third-order valence-corrected chi connectivity index (χ3v) is 5.05. The second kappa shape index (κ2) is 10.7. The molecule has 0 spiro atoms. The number of benzene rings is 1. The van der Waals surface area contributed by atoms with Crippen LogP contribution in [0.4, 0.5) is 10.5 Å². The molecule has 2 aliphatic heterocycles. The Labute approximate surface area is 177 Å². The van der Waals surface area contributed by atoms with Crippen LogP contribution in [0.25, 0.3) is 0 Å². The first-order valence-electron chi connectivity index (χ1n) is 10.6. The molecule has 1 saturated heterocycles. The summed E-state index contributed by atoms with van der Waals surface area (Å²) < 4.78 is 10.6. The maximum absolute atomic E-state index is 12.3. The average molecular weight is 418 g/mol. The third kappa shape index (κ3) is 5.34. The van der Waals surface area contributed by atoms with Crippen molar-refractivity contribution in [2.75, 3.05) is 63.9 Å². The summed E-state index contributed by atoms with van der Waals surface area (Å²) in [7, 11) is 0. The van der Waals surface area contributed by atoms with Gasteiger partial charge in [0.25, 0.3) is 5.91 Å². The van der Waals surface area contributed by atoms with Crippen molar-refractivity contribution in [3.8, 4) is 5.75 Å². The van der Waals surface area contributed by atoms with Crippen LogP contribution in [0.2, 0.25) is 0 Å². The van der Waals surface area contributed by atoms with Crippen LogP contribution >= 0.6 is 0 Å². The fraction of sp³-hybridized carbons (Fsp3) is 0.571. The molecule has 2 amide bonds. The van der Waals surface area contributed by atoms with Crippen LogP contribution in [0.3, 0.4) is 0 Å². The number of carbonyl (C=O) groups is 2. The van der Waals surface area contributed by atoms with E-state index in [0.29, 0.717) is 45.9 Å². The van der Waals surface area contributed by atoms with E-state index in [1.54, 1.807) is 9.80 Å². The van der Waals surface area contributed by atoms with E-state index < -0.39 is 0 Å². The largest absolute Gasteiger partial charge is 0.482 e. The van der Waals surface area contributed by atoms with E-state index in [1.165, 1.54) is 0 Å². The van der Waals surface area contributed by atoms with Gasteiger partial charge in [-0.3, -0.25) is 9.79 Å². The van der Waals surface area contributed by atoms with Crippen LogP contribution in [0, 0.1) is 0 Å². The number of anilines is 1. The summed E-state index contributed by atoms with van der Waals surface area (Å²) in [5.41, 5.74) is 0.819. The molecule has 1 aromatic carbocycles. The highest BCUT2D eigenvalue weighted by molar-refractivity contribution is 5.97. The Hall–Kier alpha value is -2.97. The number of aliphatic imine (C=N–C) groups is 1. The van der Waals surface area contributed by atoms with Crippen molar-refractivity contribution in [1.82, 2.24) is 15.1 Å². The molecule has 9 nitrogen and oxygen atoms in total. The number of nitrogens with zero attached hydrogens (tertiary/aromatic N) is 4. The molecule has 1 N–H and O–H groups in total. The van der Waals surface area contributed by atoms with Crippen molar-refractivity contribution in [1.29, 1.82) is 0 Å². The maximum Gasteiger partial charge on any atom is 0.409 e. The van der Waals surface area contributed by atoms with Crippen LogP contribution in [0.15, 0.2) is 29.3 Å². The highest BCUT2D eigenvalue weighted by Gasteiger charge is 2.25. The normalized spacial score (nSPS) is 16.8. The molecule has 1 aromatic rings. The highest BCUT2D eigenvalue weighted by atomic mass is 16.6. The standard InChI is InChI=1S/C21H31N5O4/c1-3-22-20(24-12-14-25(15-13-24)21(28)29-4-2)23-10-7-11-26-17-8-5-6-9-18(17)30-16-19(26)27/h5-6,8-9H,3-4,7,10-16H2,1-2H3,(H,22,23). The third-order valence-electron chi connectivity index (χ3n) is 5.05. The molecule has 2 aliphatic rings. The molecule has 1 fully saturated rings. The molecule has 0 aromatic heterocycles. The summed E-state index contributed by atoms with van der Waals surface area (Å²) in [5.74, 6) is 1.56. The lowest BCUT2D eigenvalue weighted by atomic mass is 10.2. The SMILES string of the molecule is CCNC(=NCCCN1C(=O)COc2ccccc21)N1CCN(C(=O)OCC)CC1. The molecule has 0 atom stereocenters. The van der Waals surface area contributed by atoms with Crippen molar-refractivity contribution in [3.63, 3.8) is 0 Å². The van der Waals surface area contributed by atoms with Gasteiger partial charge >= 0.3 is 6.09 Å². The van der Waals surface area contributed by atoms with Crippen LogP contribution in [-0.4, -0.2) is 86.8 Å². The van der Waals surface area contributed by atoms with Gasteiger partial charge in [0.1, 0.15) is 5.75 Å². The van der Waals surface area contributed by atoms with Crippen molar-refractivity contribution in [2.24, 2.45) is 4.99 Å². The summed E-state index contributed by atoms with van der Waals surface area (Å²) in [6.07, 6.45) is 0.493. The molecule has 0 saturated carbocycles. The second-order valence-corrected chi connectivity index (χ2v) is 7.06. The minimum atomic E-state index is -0.255. The van der Waals surface area contributed by atoms with E-state index in [9.17, 15) is 9.59 Å². The van der Waals surface area contributed by atoms with E-state index >= 15 is 0 Å². The Bertz CT molecular complexity index is 762. The van der Waals surface area contributed by atoms with E-state index in [1.807, 2.05) is 38.1 Å². The fourth-order valence-electron chi connectivity index (χ4n) is 3.55. The zero-order valence-corrected chi connectivity index (χ0v) is 17.8. The van der Waals surface area contributed by atoms with Crippen molar-refractivity contribution in [2.45, 2.75) is 20.3 Å². The number of nitrogens with one attached hydrogen (secondary N) is 1. The zero-order valence-electron chi connectivity index (χ0n) is 17.8. The van der Waals surface area contributed by atoms with E-state index in [-0.39, 0.29) is 18.6 Å². The Balaban J connectivity index is 1.52. The van der Waals surface area contributed by atoms with E-state index in [2.05, 4.69) is 10.2 Å². The minimum Gasteiger partial charge on any atom is -0.482 e. The van der Waals surface area contributed by atoms with E-state index in [4.69, 9.17) is 14.5 Å². The van der Waals surface area contributed by atoms with Crippen LogP contribution < -0.4 is 15.0 Å². The maximum atomic E-state index is 12.3. The van der Waals surface area contributed by atoms with E-state index in [0.717, 1.165) is 30.4 Å². The van der Waals surface area contributed by atoms with Gasteiger partial charge < -0.3 is 29.5 Å². The van der Waals surface area contributed by atoms with Crippen LogP contribution in [0.5, 0.6) is 5.75 Å². The molecule has 164 valence electrons. The monoisotopic (exact) mass is 417 g/mol. The minimum absolute atomic E-state index is 0.0281. The van der Waals surface area contributed by atoms with Gasteiger partial charge in [-0.15, -0.1) is 0 Å². The smallest absolute Gasteiger partial charge is 0.409 e. The summed E-state index contributed by atoms with van der Waals surface area (Å²) in [4.78, 5) is 34.5. The Kier molecular flexibility index (Phi) is 7.75. The van der Waals surface area contributed by atoms with Crippen LogP contribution in [-0.2, 0) is 9.53 Å². The molecular formula is C21H31N5O4. The number of guanidine groups is 1. The number of hydrogen-bond acceptors (Lipinski definition) is 5. The van der Waals surface area contributed by atoms with Gasteiger partial charge in [-0.05, 0) is 32.4 Å². The molecule has 0 radical (unpaired) electrons. The molecule has 3 rings (SSSR count). The summed E-state index contributed by atoms with van der Waals surface area (Å²) in [5, 5.41) is 3.33. The molecule has 30 heavy (non-hydrogen) atoms. The van der Waals surface area contributed by atoms with Gasteiger partial charge in [-0.1, -0.05) is 12.1 Å². The number of carbonyl (C=O) groups excluding carboxylic acids is 2. The quantitative estimate of drug-likeness (QED) is 0.429. The molecular weight excluding hydrogens is 386 g/mol. The number of ether oxygens (including phenoxy) is 2. The van der Waals surface area contributed by atoms with Gasteiger partial charge in [-0.25, -0.2) is 4.79 Å². The lowest BCUT2D eigenvalue weighted by Gasteiger charge is -2.36. The summed E-state index contributed by atoms with van der Waals surface area (Å²) in [6, 6.07) is 7.60. The number of amides is 2. The fourth-order valence-corrected chi connectivity index (χ4v) is 3.55. The first kappa shape index (κ1) is 21.7. The Morgan fingerprint density at radius 2 is 1.90 bits per heavy atom. The number of hydrogen-bond donors (Lipinski definition) is 1. The predicted molar refractivity (Wildman–Crippen MR) is 115 cm³/mol. The van der Waals surface area contributed by atoms with Crippen LogP contribution in [0.1, 0.15) is 20.3 Å². The average Bonchev–Trinajstić information content (AvgIpc) is 2.77. The van der Waals surface area contributed by atoms with Gasteiger partial charge in [0.2, 0.25) is 0 Å². The number of para-hydroxylation sites is 2. The summed E-state index contributed by atoms with van der Waals surface area (Å²) >= 11 is 0. The van der Waals surface area contributed by atoms with Crippen molar-refractivity contribution >= 4 is 23.6 Å². The highest BCUT2D eigenvalue weighted by Crippen LogP contribution is 2.31. The molecule has 0 bridgehead atoms. The number of piperazine rings is 1. The first-order valence-corrected chi connectivity index (χ1v) is 10.6. The number of rotatable bonds is 6. The van der Waals surface area contributed by atoms with Gasteiger partial charge in [0.15, 0.2) is 12.6 Å². The Morgan fingerprint density at radius 1 is 1.17 bits per heavy atom. The Morgan fingerprint density at radius 3 is 2.63 bits per heavy atom. The number of fused-ring (bicyclic) bond motifs is 1. The molecule has 9 heteroatoms. The lowest BCUT2D eigenvalue weighted by molar-refractivity contribution is -0.121. The predicted octanol–water partition coefficient (Wildman–Crippen LogP) is 1.54. The second-order valence-electron chi connectivity index (χ2n) is 7.06. The topological polar surface area (TPSA) is 86.7 Å². The molecule has 0 unspecified atom stereocenters. The summed E-state index contributed by atoms with van der Waals surface area (Å²) in [6.45, 7) is 8.93. The van der Waals surface area contributed by atoms with Gasteiger partial charge in [0, 0.05) is 45.8 Å². The van der Waals surface area contributed by atoms with Gasteiger partial charge in [-0.2, -0.15) is 0 Å². The lowest BCUT2D eigenvalue weighted by Crippen LogP contribution is -2.54. The first-order chi connectivity index (χ1) is 14.6. The van der Waals surface area contributed by atoms with Gasteiger partial charge in [0.05, 0.1) is 12.3 Å². The van der Waals surface area contributed by atoms with Crippen molar-refractivity contribution < 1.29 is 19.1 Å². The molecule has 2 heterocycles.